The number of aromatic amines is 1. The summed E-state index contributed by atoms with van der Waals surface area (Å²) < 4.78 is 51.4. The third-order valence-electron chi connectivity index (χ3n) is 4.32. The number of nitrogens with zero attached hydrogens (tertiary/aromatic N) is 1. The first-order valence-corrected chi connectivity index (χ1v) is 9.69. The van der Waals surface area contributed by atoms with Crippen molar-refractivity contribution in [1.29, 1.82) is 0 Å². The minimum atomic E-state index is -4.59. The van der Waals surface area contributed by atoms with E-state index in [2.05, 4.69) is 9.97 Å². The number of hydrogen-bond acceptors (Lipinski definition) is 4. The predicted octanol–water partition coefficient (Wildman–Crippen LogP) is 5.56. The number of ketones is 1. The lowest BCUT2D eigenvalue weighted by atomic mass is 9.94. The monoisotopic (exact) mass is 436 g/mol. The molecule has 0 saturated carbocycles. The highest BCUT2D eigenvalue weighted by Crippen LogP contribution is 2.38. The van der Waals surface area contributed by atoms with Crippen LogP contribution in [0.15, 0.2) is 64.3 Å². The summed E-state index contributed by atoms with van der Waals surface area (Å²) in [7, 11) is 0. The van der Waals surface area contributed by atoms with E-state index in [0.29, 0.717) is 11.1 Å². The standard InChI is InChI=1S/C21H16F4N2O2S/c1-12(14-7-8-18(15(22)10-14)30-21(23,24)25)9-17(28)16-11-19(29)27-20(26-16)13-5-3-2-4-6-13/h2-8,10-12H,9H2,1H3,(H,26,27,29)/t12-/m0/s1. The van der Waals surface area contributed by atoms with Crippen molar-refractivity contribution in [3.63, 3.8) is 0 Å². The Hall–Kier alpha value is -2.94. The molecule has 0 bridgehead atoms. The van der Waals surface area contributed by atoms with Crippen molar-refractivity contribution in [2.45, 2.75) is 29.7 Å². The summed E-state index contributed by atoms with van der Waals surface area (Å²) >= 11 is -0.530. The van der Waals surface area contributed by atoms with Gasteiger partial charge in [-0.1, -0.05) is 43.3 Å². The van der Waals surface area contributed by atoms with Gasteiger partial charge in [-0.25, -0.2) is 9.37 Å². The second kappa shape index (κ2) is 8.83. The molecule has 156 valence electrons. The lowest BCUT2D eigenvalue weighted by Crippen LogP contribution is -2.15. The van der Waals surface area contributed by atoms with E-state index in [-0.39, 0.29) is 17.9 Å². The Kier molecular flexibility index (Phi) is 6.40. The zero-order valence-corrected chi connectivity index (χ0v) is 16.5. The maximum Gasteiger partial charge on any atom is 0.446 e. The highest BCUT2D eigenvalue weighted by molar-refractivity contribution is 8.00. The first-order chi connectivity index (χ1) is 14.1. The van der Waals surface area contributed by atoms with Crippen LogP contribution in [0.25, 0.3) is 11.4 Å². The fourth-order valence-corrected chi connectivity index (χ4v) is 3.41. The van der Waals surface area contributed by atoms with Crippen LogP contribution in [0.4, 0.5) is 17.6 Å². The van der Waals surface area contributed by atoms with Crippen LogP contribution in [0, 0.1) is 5.82 Å². The predicted molar refractivity (Wildman–Crippen MR) is 106 cm³/mol. The minimum absolute atomic E-state index is 0.0332. The fourth-order valence-electron chi connectivity index (χ4n) is 2.86. The highest BCUT2D eigenvalue weighted by Gasteiger charge is 2.31. The van der Waals surface area contributed by atoms with Gasteiger partial charge in [0.15, 0.2) is 5.78 Å². The number of aromatic nitrogens is 2. The lowest BCUT2D eigenvalue weighted by molar-refractivity contribution is -0.0329. The SMILES string of the molecule is C[C@@H](CC(=O)c1cc(=O)[nH]c(-c2ccccc2)n1)c1ccc(SC(F)(F)F)c(F)c1. The second-order valence-corrected chi connectivity index (χ2v) is 7.72. The molecule has 0 aliphatic rings. The number of halogens is 4. The number of carbonyl (C=O) groups excluding carboxylic acids is 1. The van der Waals surface area contributed by atoms with Crippen LogP contribution in [0.3, 0.4) is 0 Å². The molecule has 0 amide bonds. The van der Waals surface area contributed by atoms with Crippen LogP contribution in [-0.2, 0) is 0 Å². The average Bonchev–Trinajstić information content (AvgIpc) is 2.68. The normalized spacial score (nSPS) is 12.6. The molecule has 0 radical (unpaired) electrons. The van der Waals surface area contributed by atoms with E-state index in [9.17, 15) is 27.2 Å². The third-order valence-corrected chi connectivity index (χ3v) is 5.10. The molecule has 0 aliphatic carbocycles. The molecule has 1 atom stereocenters. The molecule has 4 nitrogen and oxygen atoms in total. The summed E-state index contributed by atoms with van der Waals surface area (Å²) in [5.74, 6) is -1.67. The van der Waals surface area contributed by atoms with E-state index >= 15 is 0 Å². The van der Waals surface area contributed by atoms with Crippen molar-refractivity contribution in [1.82, 2.24) is 9.97 Å². The Balaban J connectivity index is 1.78. The van der Waals surface area contributed by atoms with Crippen LogP contribution >= 0.6 is 11.8 Å². The molecular formula is C21H16F4N2O2S. The smallest absolute Gasteiger partial charge is 0.306 e. The topological polar surface area (TPSA) is 62.8 Å². The van der Waals surface area contributed by atoms with E-state index in [0.717, 1.165) is 18.2 Å². The van der Waals surface area contributed by atoms with Crippen molar-refractivity contribution in [3.05, 3.63) is 82.0 Å². The quantitative estimate of drug-likeness (QED) is 0.312. The molecular weight excluding hydrogens is 420 g/mol. The minimum Gasteiger partial charge on any atom is -0.306 e. The van der Waals surface area contributed by atoms with Crippen molar-refractivity contribution in [2.24, 2.45) is 0 Å². The molecule has 0 unspecified atom stereocenters. The van der Waals surface area contributed by atoms with Crippen LogP contribution in [-0.4, -0.2) is 21.3 Å². The molecule has 0 spiro atoms. The van der Waals surface area contributed by atoms with Gasteiger partial charge in [0.2, 0.25) is 0 Å². The molecule has 2 aromatic carbocycles. The molecule has 30 heavy (non-hydrogen) atoms. The van der Waals surface area contributed by atoms with E-state index in [1.165, 1.54) is 6.07 Å². The molecule has 0 aliphatic heterocycles. The summed E-state index contributed by atoms with van der Waals surface area (Å²) in [4.78, 5) is 30.8. The molecule has 3 rings (SSSR count). The van der Waals surface area contributed by atoms with Crippen LogP contribution in [0.1, 0.15) is 35.3 Å². The lowest BCUT2D eigenvalue weighted by Gasteiger charge is -2.13. The number of thioether (sulfide) groups is 1. The van der Waals surface area contributed by atoms with Gasteiger partial charge in [-0.15, -0.1) is 0 Å². The number of Topliss-reactive ketones (excluding diaryl/α,β-unsaturated/α-hetero) is 1. The van der Waals surface area contributed by atoms with Gasteiger partial charge in [0.25, 0.3) is 5.56 Å². The molecule has 1 heterocycles. The van der Waals surface area contributed by atoms with E-state index in [1.807, 2.05) is 0 Å². The molecule has 3 aromatic rings. The van der Waals surface area contributed by atoms with Crippen LogP contribution in [0.2, 0.25) is 0 Å². The average molecular weight is 436 g/mol. The van der Waals surface area contributed by atoms with Crippen molar-refractivity contribution < 1.29 is 22.4 Å². The van der Waals surface area contributed by atoms with Crippen LogP contribution < -0.4 is 5.56 Å². The third kappa shape index (κ3) is 5.56. The first-order valence-electron chi connectivity index (χ1n) is 8.87. The molecule has 9 heteroatoms. The van der Waals surface area contributed by atoms with Gasteiger partial charge < -0.3 is 4.98 Å². The maximum atomic E-state index is 14.0. The van der Waals surface area contributed by atoms with Crippen molar-refractivity contribution in [2.75, 3.05) is 0 Å². The summed E-state index contributed by atoms with van der Waals surface area (Å²) in [6, 6.07) is 13.3. The number of hydrogen-bond donors (Lipinski definition) is 1. The van der Waals surface area contributed by atoms with Gasteiger partial charge >= 0.3 is 5.51 Å². The Bertz CT molecular complexity index is 1110. The summed E-state index contributed by atoms with van der Waals surface area (Å²) in [6.45, 7) is 1.65. The Morgan fingerprint density at radius 1 is 1.13 bits per heavy atom. The number of rotatable bonds is 6. The first kappa shape index (κ1) is 21.8. The number of carbonyl (C=O) groups is 1. The Morgan fingerprint density at radius 3 is 2.47 bits per heavy atom. The summed E-state index contributed by atoms with van der Waals surface area (Å²) in [6.07, 6.45) is -0.0874. The van der Waals surface area contributed by atoms with Gasteiger partial charge in [0.05, 0.1) is 4.90 Å². The van der Waals surface area contributed by atoms with E-state index in [1.54, 1.807) is 37.3 Å². The fraction of sp³-hybridized carbons (Fsp3) is 0.190. The molecule has 0 saturated heterocycles. The molecule has 1 aromatic heterocycles. The molecule has 0 fully saturated rings. The number of benzene rings is 2. The van der Waals surface area contributed by atoms with Gasteiger partial charge in [-0.2, -0.15) is 13.2 Å². The van der Waals surface area contributed by atoms with Gasteiger partial charge in [0.1, 0.15) is 17.3 Å². The number of alkyl halides is 3. The van der Waals surface area contributed by atoms with Gasteiger partial charge in [-0.05, 0) is 35.4 Å². The van der Waals surface area contributed by atoms with E-state index in [4.69, 9.17) is 0 Å². The van der Waals surface area contributed by atoms with E-state index < -0.39 is 45.2 Å². The zero-order valence-electron chi connectivity index (χ0n) is 15.7. The Morgan fingerprint density at radius 2 is 1.83 bits per heavy atom. The Labute approximate surface area is 173 Å². The molecule has 1 N–H and O–H groups in total. The number of H-pyrrole nitrogens is 1. The van der Waals surface area contributed by atoms with Crippen molar-refractivity contribution >= 4 is 17.5 Å². The number of nitrogens with one attached hydrogen (secondary N) is 1. The highest BCUT2D eigenvalue weighted by atomic mass is 32.2. The van der Waals surface area contributed by atoms with Crippen LogP contribution in [0.5, 0.6) is 0 Å². The van der Waals surface area contributed by atoms with Crippen molar-refractivity contribution in [3.8, 4) is 11.4 Å². The zero-order chi connectivity index (χ0) is 21.9. The maximum absolute atomic E-state index is 14.0. The van der Waals surface area contributed by atoms with Gasteiger partial charge in [-0.3, -0.25) is 9.59 Å². The summed E-state index contributed by atoms with van der Waals surface area (Å²) in [5.41, 5.74) is -4.10. The second-order valence-electron chi connectivity index (χ2n) is 6.61. The summed E-state index contributed by atoms with van der Waals surface area (Å²) in [5, 5.41) is 0. The largest absolute Gasteiger partial charge is 0.446 e. The van der Waals surface area contributed by atoms with Gasteiger partial charge in [0, 0.05) is 18.1 Å².